The normalized spacial score (nSPS) is 19.7. The maximum absolute atomic E-state index is 10.5. The number of aromatic hydroxyl groups is 1. The number of fused-ring (bicyclic) bond motifs is 1. The standard InChI is InChI=1S/C24H29N3OS/c28-22-9-8-18(24-25-21-6-2-3-7-23(21)29-24)16-19(22)17-26-14-10-20(11-15-26)27-12-4-1-5-13-27/h2-3,6-9,16,20,28H,1,4-5,10-15,17H2. The van der Waals surface area contributed by atoms with Crippen molar-refractivity contribution in [2.75, 3.05) is 26.2 Å². The lowest BCUT2D eigenvalue weighted by molar-refractivity contribution is 0.0893. The topological polar surface area (TPSA) is 39.6 Å². The number of benzene rings is 2. The van der Waals surface area contributed by atoms with Crippen molar-refractivity contribution in [1.29, 1.82) is 0 Å². The minimum atomic E-state index is 0.396. The summed E-state index contributed by atoms with van der Waals surface area (Å²) in [6.45, 7) is 5.63. The molecule has 1 N–H and O–H groups in total. The van der Waals surface area contributed by atoms with Gasteiger partial charge >= 0.3 is 0 Å². The van der Waals surface area contributed by atoms with Crippen LogP contribution < -0.4 is 0 Å². The molecule has 0 amide bonds. The number of nitrogens with zero attached hydrogens (tertiary/aromatic N) is 3. The SMILES string of the molecule is Oc1ccc(-c2nc3ccccc3s2)cc1CN1CCC(N2CCCCC2)CC1. The van der Waals surface area contributed by atoms with Gasteiger partial charge in [-0.1, -0.05) is 18.6 Å². The molecule has 4 nitrogen and oxygen atoms in total. The van der Waals surface area contributed by atoms with E-state index >= 15 is 0 Å². The molecule has 0 bridgehead atoms. The van der Waals surface area contributed by atoms with Crippen LogP contribution in [0.3, 0.4) is 0 Å². The van der Waals surface area contributed by atoms with Gasteiger partial charge in [0.25, 0.3) is 0 Å². The third-order valence-corrected chi connectivity index (χ3v) is 7.56. The molecule has 2 aliphatic rings. The number of thiazole rings is 1. The fourth-order valence-corrected chi connectivity index (χ4v) is 5.77. The van der Waals surface area contributed by atoms with Gasteiger partial charge < -0.3 is 10.0 Å². The quantitative estimate of drug-likeness (QED) is 0.652. The van der Waals surface area contributed by atoms with Crippen LogP contribution in [0.15, 0.2) is 42.5 Å². The molecule has 2 aromatic carbocycles. The average molecular weight is 408 g/mol. The van der Waals surface area contributed by atoms with Crippen molar-refractivity contribution in [2.45, 2.75) is 44.7 Å². The van der Waals surface area contributed by atoms with Crippen LogP contribution >= 0.6 is 11.3 Å². The molecule has 2 saturated heterocycles. The van der Waals surface area contributed by atoms with Crippen molar-refractivity contribution < 1.29 is 5.11 Å². The largest absolute Gasteiger partial charge is 0.508 e. The lowest BCUT2D eigenvalue weighted by Gasteiger charge is -2.40. The van der Waals surface area contributed by atoms with Crippen LogP contribution in [-0.4, -0.2) is 52.1 Å². The molecule has 1 aromatic heterocycles. The summed E-state index contributed by atoms with van der Waals surface area (Å²) in [6, 6.07) is 15.0. The molecule has 0 radical (unpaired) electrons. The average Bonchev–Trinajstić information content (AvgIpc) is 3.21. The van der Waals surface area contributed by atoms with Gasteiger partial charge in [0.2, 0.25) is 0 Å². The van der Waals surface area contributed by atoms with Gasteiger partial charge in [0.05, 0.1) is 10.2 Å². The predicted octanol–water partition coefficient (Wildman–Crippen LogP) is 5.12. The molecule has 2 aliphatic heterocycles. The van der Waals surface area contributed by atoms with E-state index in [-0.39, 0.29) is 0 Å². The summed E-state index contributed by atoms with van der Waals surface area (Å²) < 4.78 is 1.21. The van der Waals surface area contributed by atoms with Crippen LogP contribution in [0.1, 0.15) is 37.7 Å². The lowest BCUT2D eigenvalue weighted by atomic mass is 9.99. The second kappa shape index (κ2) is 8.42. The summed E-state index contributed by atoms with van der Waals surface area (Å²) >= 11 is 1.72. The fourth-order valence-electron chi connectivity index (χ4n) is 4.81. The molecule has 0 spiro atoms. The summed E-state index contributed by atoms with van der Waals surface area (Å²) in [7, 11) is 0. The molecular formula is C24H29N3OS. The number of phenolic OH excluding ortho intramolecular Hbond substituents is 1. The Morgan fingerprint density at radius 1 is 0.966 bits per heavy atom. The zero-order valence-electron chi connectivity index (χ0n) is 16.9. The predicted molar refractivity (Wildman–Crippen MR) is 120 cm³/mol. The Balaban J connectivity index is 1.27. The molecule has 3 aromatic rings. The maximum Gasteiger partial charge on any atom is 0.124 e. The Bertz CT molecular complexity index is 938. The maximum atomic E-state index is 10.5. The van der Waals surface area contributed by atoms with E-state index < -0.39 is 0 Å². The van der Waals surface area contributed by atoms with Crippen molar-refractivity contribution in [2.24, 2.45) is 0 Å². The van der Waals surface area contributed by atoms with Crippen molar-refractivity contribution in [3.63, 3.8) is 0 Å². The van der Waals surface area contributed by atoms with Crippen LogP contribution in [0.2, 0.25) is 0 Å². The minimum Gasteiger partial charge on any atom is -0.508 e. The molecule has 3 heterocycles. The van der Waals surface area contributed by atoms with Gasteiger partial charge in [0.15, 0.2) is 0 Å². The van der Waals surface area contributed by atoms with Gasteiger partial charge in [-0.2, -0.15) is 0 Å². The van der Waals surface area contributed by atoms with Gasteiger partial charge in [-0.05, 0) is 82.2 Å². The lowest BCUT2D eigenvalue weighted by Crippen LogP contribution is -2.46. The van der Waals surface area contributed by atoms with Gasteiger partial charge in [0, 0.05) is 23.7 Å². The molecule has 5 heteroatoms. The van der Waals surface area contributed by atoms with E-state index in [1.54, 1.807) is 11.3 Å². The molecule has 0 aliphatic carbocycles. The van der Waals surface area contributed by atoms with Gasteiger partial charge in [-0.25, -0.2) is 4.98 Å². The van der Waals surface area contributed by atoms with Gasteiger partial charge in [-0.3, -0.25) is 4.90 Å². The van der Waals surface area contributed by atoms with Crippen molar-refractivity contribution in [1.82, 2.24) is 14.8 Å². The second-order valence-corrected chi connectivity index (χ2v) is 9.46. The van der Waals surface area contributed by atoms with Crippen molar-refractivity contribution in [3.8, 4) is 16.3 Å². The van der Waals surface area contributed by atoms with E-state index in [0.29, 0.717) is 5.75 Å². The van der Waals surface area contributed by atoms with Crippen LogP contribution in [-0.2, 0) is 6.54 Å². The molecule has 152 valence electrons. The third kappa shape index (κ3) is 4.18. The van der Waals surface area contributed by atoms with E-state index in [4.69, 9.17) is 4.98 Å². The highest BCUT2D eigenvalue weighted by molar-refractivity contribution is 7.21. The van der Waals surface area contributed by atoms with Crippen molar-refractivity contribution >= 4 is 21.6 Å². The number of para-hydroxylation sites is 1. The van der Waals surface area contributed by atoms with Crippen molar-refractivity contribution in [3.05, 3.63) is 48.0 Å². The number of piperidine rings is 2. The number of hydrogen-bond acceptors (Lipinski definition) is 5. The highest BCUT2D eigenvalue weighted by atomic mass is 32.1. The molecular weight excluding hydrogens is 378 g/mol. The number of likely N-dealkylation sites (tertiary alicyclic amines) is 2. The Hall–Kier alpha value is -1.95. The van der Waals surface area contributed by atoms with E-state index in [2.05, 4.69) is 34.1 Å². The Labute approximate surface area is 176 Å². The highest BCUT2D eigenvalue weighted by Gasteiger charge is 2.26. The molecule has 2 fully saturated rings. The number of hydrogen-bond donors (Lipinski definition) is 1. The Kier molecular flexibility index (Phi) is 5.53. The highest BCUT2D eigenvalue weighted by Crippen LogP contribution is 2.33. The fraction of sp³-hybridized carbons (Fsp3) is 0.458. The first-order chi connectivity index (χ1) is 14.3. The minimum absolute atomic E-state index is 0.396. The molecule has 0 atom stereocenters. The van der Waals surface area contributed by atoms with Crippen LogP contribution in [0.4, 0.5) is 0 Å². The zero-order valence-corrected chi connectivity index (χ0v) is 17.7. The van der Waals surface area contributed by atoms with E-state index in [1.165, 1.54) is 49.9 Å². The summed E-state index contributed by atoms with van der Waals surface area (Å²) in [5.74, 6) is 0.396. The third-order valence-electron chi connectivity index (χ3n) is 6.48. The van der Waals surface area contributed by atoms with Gasteiger partial charge in [0.1, 0.15) is 10.8 Å². The Morgan fingerprint density at radius 3 is 2.55 bits per heavy atom. The first kappa shape index (κ1) is 19.0. The van der Waals surface area contributed by atoms with Gasteiger partial charge in [-0.15, -0.1) is 11.3 Å². The molecule has 29 heavy (non-hydrogen) atoms. The van der Waals surface area contributed by atoms with Crippen LogP contribution in [0, 0.1) is 0 Å². The molecule has 0 saturated carbocycles. The van der Waals surface area contributed by atoms with Crippen LogP contribution in [0.5, 0.6) is 5.75 Å². The monoisotopic (exact) mass is 407 g/mol. The first-order valence-electron chi connectivity index (χ1n) is 10.9. The second-order valence-electron chi connectivity index (χ2n) is 8.43. The van der Waals surface area contributed by atoms with E-state index in [1.807, 2.05) is 18.2 Å². The van der Waals surface area contributed by atoms with E-state index in [0.717, 1.165) is 47.3 Å². The summed E-state index contributed by atoms with van der Waals surface area (Å²) in [4.78, 5) is 9.99. The summed E-state index contributed by atoms with van der Waals surface area (Å²) in [5, 5.41) is 11.5. The zero-order chi connectivity index (χ0) is 19.6. The molecule has 5 rings (SSSR count). The summed E-state index contributed by atoms with van der Waals surface area (Å²) in [5.41, 5.74) is 3.15. The van der Waals surface area contributed by atoms with Crippen LogP contribution in [0.25, 0.3) is 20.8 Å². The number of phenols is 1. The smallest absolute Gasteiger partial charge is 0.124 e. The summed E-state index contributed by atoms with van der Waals surface area (Å²) in [6.07, 6.45) is 6.63. The molecule has 0 unspecified atom stereocenters. The number of aromatic nitrogens is 1. The van der Waals surface area contributed by atoms with E-state index in [9.17, 15) is 5.11 Å². The number of rotatable bonds is 4. The Morgan fingerprint density at radius 2 is 1.76 bits per heavy atom. The first-order valence-corrected chi connectivity index (χ1v) is 11.7.